The van der Waals surface area contributed by atoms with E-state index >= 15 is 8.78 Å². The third-order valence-electron chi connectivity index (χ3n) is 10.1. The maximum absolute atomic E-state index is 15.1. The molecule has 2 aliphatic heterocycles. The summed E-state index contributed by atoms with van der Waals surface area (Å²) in [6.45, 7) is 3.07. The summed E-state index contributed by atoms with van der Waals surface area (Å²) in [5, 5.41) is 3.82. The molecule has 3 aliphatic rings. The van der Waals surface area contributed by atoms with Crippen LogP contribution in [-0.2, 0) is 23.1 Å². The zero-order valence-corrected chi connectivity index (χ0v) is 27.1. The molecule has 0 unspecified atom stereocenters. The van der Waals surface area contributed by atoms with Gasteiger partial charge in [-0.2, -0.15) is 0 Å². The molecule has 7 rings (SSSR count). The quantitative estimate of drug-likeness (QED) is 0.335. The van der Waals surface area contributed by atoms with E-state index in [1.54, 1.807) is 31.3 Å². The number of amides is 2. The molecule has 5 heterocycles. The molecule has 0 spiro atoms. The van der Waals surface area contributed by atoms with E-state index in [0.717, 1.165) is 5.39 Å². The Hall–Kier alpha value is -4.10. The van der Waals surface area contributed by atoms with Gasteiger partial charge in [-0.1, -0.05) is 0 Å². The summed E-state index contributed by atoms with van der Waals surface area (Å²) >= 11 is 0. The van der Waals surface area contributed by atoms with Gasteiger partial charge in [-0.25, -0.2) is 18.7 Å². The molecule has 3 aromatic heterocycles. The summed E-state index contributed by atoms with van der Waals surface area (Å²) in [5.41, 5.74) is 10.0. The number of carbonyl (C=O) groups excluding carboxylic acids is 2. The van der Waals surface area contributed by atoms with Gasteiger partial charge in [0.2, 0.25) is 11.8 Å². The second kappa shape index (κ2) is 11.9. The predicted octanol–water partition coefficient (Wildman–Crippen LogP) is 4.42. The highest BCUT2D eigenvalue weighted by Crippen LogP contribution is 2.47. The fourth-order valence-electron chi connectivity index (χ4n) is 7.40. The Bertz CT molecular complexity index is 1870. The van der Waals surface area contributed by atoms with Crippen molar-refractivity contribution in [2.75, 3.05) is 27.3 Å². The lowest BCUT2D eigenvalue weighted by Crippen LogP contribution is -2.53. The number of carbonyl (C=O) groups is 2. The molecule has 13 heteroatoms. The molecular weight excluding hydrogens is 608 g/mol. The normalized spacial score (nSPS) is 26.2. The van der Waals surface area contributed by atoms with Crippen LogP contribution in [0.2, 0.25) is 0 Å². The van der Waals surface area contributed by atoms with Crippen LogP contribution in [0.4, 0.5) is 8.78 Å². The minimum Gasteiger partial charge on any atom is -0.494 e. The van der Waals surface area contributed by atoms with Gasteiger partial charge >= 0.3 is 0 Å². The Balaban J connectivity index is 1.29. The number of nitrogens with two attached hydrogens (primary N) is 1. The number of rotatable bonds is 4. The maximum atomic E-state index is 15.1. The number of ether oxygens (including phenoxy) is 2. The molecule has 1 saturated heterocycles. The van der Waals surface area contributed by atoms with Gasteiger partial charge in [0.05, 0.1) is 36.2 Å². The molecular formula is C34H41F2N7O4. The summed E-state index contributed by atoms with van der Waals surface area (Å²) in [7, 11) is 5.05. The molecule has 1 aromatic carbocycles. The molecule has 2 fully saturated rings. The van der Waals surface area contributed by atoms with Crippen LogP contribution in [0.1, 0.15) is 61.1 Å². The average Bonchev–Trinajstić information content (AvgIpc) is 3.60. The number of nitrogens with zero attached hydrogens (tertiary/aromatic N) is 5. The first-order valence-electron chi connectivity index (χ1n) is 16.3. The lowest BCUT2D eigenvalue weighted by molar-refractivity contribution is -0.123. The number of aryl methyl sites for hydroxylation is 2. The molecule has 1 aliphatic carbocycles. The zero-order chi connectivity index (χ0) is 33.2. The second-order valence-electron chi connectivity index (χ2n) is 13.3. The van der Waals surface area contributed by atoms with E-state index in [-0.39, 0.29) is 61.1 Å². The molecule has 2 amide bonds. The SMILES string of the molecule is COc1cc(C(=O)N2CC[C@@H](OC)[C@@H](N)C2)cc2nc(-c3cc4ccc5nc4n3CCCC(F)(F)C[C@@H]3C[C@@H]3C(=O)N[C@@H]5C)n(C)c12. The highest BCUT2D eigenvalue weighted by atomic mass is 19.3. The van der Waals surface area contributed by atoms with Crippen molar-refractivity contribution in [1.29, 1.82) is 0 Å². The third kappa shape index (κ3) is 5.73. The van der Waals surface area contributed by atoms with Gasteiger partial charge in [0.1, 0.15) is 16.9 Å². The number of likely N-dealkylation sites (tertiary alicyclic amines) is 1. The van der Waals surface area contributed by atoms with Crippen LogP contribution in [0.5, 0.6) is 5.75 Å². The molecule has 5 atom stereocenters. The number of aromatic nitrogens is 4. The van der Waals surface area contributed by atoms with Crippen molar-refractivity contribution in [3.05, 3.63) is 41.6 Å². The highest BCUT2D eigenvalue weighted by Gasteiger charge is 2.48. The van der Waals surface area contributed by atoms with Gasteiger partial charge in [0.15, 0.2) is 5.82 Å². The Morgan fingerprint density at radius 3 is 2.70 bits per heavy atom. The zero-order valence-electron chi connectivity index (χ0n) is 27.1. The minimum atomic E-state index is -2.87. The van der Waals surface area contributed by atoms with Crippen molar-refractivity contribution >= 4 is 33.9 Å². The predicted molar refractivity (Wildman–Crippen MR) is 172 cm³/mol. The molecule has 3 N–H and O–H groups in total. The molecule has 2 bridgehead atoms. The summed E-state index contributed by atoms with van der Waals surface area (Å²) in [6, 6.07) is 8.61. The number of alkyl halides is 2. The van der Waals surface area contributed by atoms with Crippen LogP contribution in [0.25, 0.3) is 33.6 Å². The molecule has 0 radical (unpaired) electrons. The summed E-state index contributed by atoms with van der Waals surface area (Å²) in [6.07, 6.45) is 0.701. The van der Waals surface area contributed by atoms with Crippen LogP contribution in [0, 0.1) is 11.8 Å². The van der Waals surface area contributed by atoms with Crippen molar-refractivity contribution in [3.63, 3.8) is 0 Å². The number of imidazole rings is 1. The molecule has 4 aromatic rings. The summed E-state index contributed by atoms with van der Waals surface area (Å²) in [4.78, 5) is 38.1. The first-order chi connectivity index (χ1) is 22.5. The van der Waals surface area contributed by atoms with E-state index in [4.69, 9.17) is 25.2 Å². The van der Waals surface area contributed by atoms with E-state index in [1.807, 2.05) is 41.3 Å². The molecule has 11 nitrogen and oxygen atoms in total. The van der Waals surface area contributed by atoms with Crippen LogP contribution in [0.15, 0.2) is 30.3 Å². The Labute approximate surface area is 271 Å². The number of benzene rings is 1. The fourth-order valence-corrected chi connectivity index (χ4v) is 7.40. The largest absolute Gasteiger partial charge is 0.494 e. The van der Waals surface area contributed by atoms with E-state index in [0.29, 0.717) is 77.7 Å². The fraction of sp³-hybridized carbons (Fsp3) is 0.529. The number of pyridine rings is 1. The van der Waals surface area contributed by atoms with E-state index < -0.39 is 5.92 Å². The van der Waals surface area contributed by atoms with Crippen molar-refractivity contribution in [3.8, 4) is 17.3 Å². The smallest absolute Gasteiger partial charge is 0.254 e. The lowest BCUT2D eigenvalue weighted by Gasteiger charge is -2.36. The Morgan fingerprint density at radius 2 is 1.96 bits per heavy atom. The van der Waals surface area contributed by atoms with E-state index in [9.17, 15) is 9.59 Å². The van der Waals surface area contributed by atoms with Gasteiger partial charge in [0, 0.05) is 69.5 Å². The number of piperidine rings is 1. The van der Waals surface area contributed by atoms with Gasteiger partial charge in [-0.05, 0) is 62.4 Å². The van der Waals surface area contributed by atoms with Crippen LogP contribution >= 0.6 is 0 Å². The number of hydrogen-bond acceptors (Lipinski definition) is 7. The number of methoxy groups -OCH3 is 2. The summed E-state index contributed by atoms with van der Waals surface area (Å²) < 4.78 is 45.2. The first kappa shape index (κ1) is 31.5. The lowest BCUT2D eigenvalue weighted by atomic mass is 10.0. The Kier molecular flexibility index (Phi) is 7.94. The number of fused-ring (bicyclic) bond motifs is 3. The van der Waals surface area contributed by atoms with Gasteiger partial charge < -0.3 is 34.6 Å². The number of hydrogen-bond donors (Lipinski definition) is 2. The van der Waals surface area contributed by atoms with Crippen molar-refractivity contribution < 1.29 is 27.8 Å². The second-order valence-corrected chi connectivity index (χ2v) is 13.3. The van der Waals surface area contributed by atoms with Gasteiger partial charge in [-0.3, -0.25) is 9.59 Å². The standard InChI is InChI=1S/C34H41F2N7O4/c1-18-24-7-6-19-14-26(43(30(19)39-24)10-5-9-34(35,36)16-21-12-22(21)32(44)38-18)31-40-25-13-20(15-28(47-4)29(25)41(31)2)33(45)42-11-8-27(46-3)23(37)17-42/h6-7,13-15,18,21-23,27H,5,8-12,16-17,37H2,1-4H3,(H,38,44)/t18-,21+,22+,23+,27-/m1/s1. The number of halogens is 2. The average molecular weight is 650 g/mol. The van der Waals surface area contributed by atoms with Crippen LogP contribution in [-0.4, -0.2) is 81.2 Å². The maximum Gasteiger partial charge on any atom is 0.254 e. The van der Waals surface area contributed by atoms with Crippen molar-refractivity contribution in [2.45, 2.75) is 69.7 Å². The van der Waals surface area contributed by atoms with E-state index in [1.165, 1.54) is 0 Å². The number of nitrogens with one attached hydrogen (secondary N) is 1. The topological polar surface area (TPSA) is 130 Å². The third-order valence-corrected chi connectivity index (χ3v) is 10.1. The van der Waals surface area contributed by atoms with E-state index in [2.05, 4.69) is 5.32 Å². The molecule has 250 valence electrons. The molecule has 1 saturated carbocycles. The minimum absolute atomic E-state index is 0.0951. The molecule has 47 heavy (non-hydrogen) atoms. The van der Waals surface area contributed by atoms with Crippen LogP contribution in [0.3, 0.4) is 0 Å². The van der Waals surface area contributed by atoms with Crippen molar-refractivity contribution in [2.24, 2.45) is 24.6 Å². The summed E-state index contributed by atoms with van der Waals surface area (Å²) in [5.74, 6) is -2.81. The first-order valence-corrected chi connectivity index (χ1v) is 16.3. The van der Waals surface area contributed by atoms with Crippen molar-refractivity contribution in [1.82, 2.24) is 29.3 Å². The van der Waals surface area contributed by atoms with Crippen LogP contribution < -0.4 is 15.8 Å². The monoisotopic (exact) mass is 649 g/mol. The Morgan fingerprint density at radius 1 is 1.15 bits per heavy atom. The van der Waals surface area contributed by atoms with Gasteiger partial charge in [-0.15, -0.1) is 0 Å². The van der Waals surface area contributed by atoms with Gasteiger partial charge in [0.25, 0.3) is 5.91 Å². The highest BCUT2D eigenvalue weighted by molar-refractivity contribution is 6.00.